The summed E-state index contributed by atoms with van der Waals surface area (Å²) in [5, 5.41) is 0. The van der Waals surface area contributed by atoms with Crippen LogP contribution in [0.5, 0.6) is 0 Å². The van der Waals surface area contributed by atoms with Gasteiger partial charge in [0.15, 0.2) is 11.6 Å². The van der Waals surface area contributed by atoms with Crippen molar-refractivity contribution in [2.75, 3.05) is 0 Å². The van der Waals surface area contributed by atoms with Crippen LogP contribution < -0.4 is 5.73 Å². The summed E-state index contributed by atoms with van der Waals surface area (Å²) in [7, 11) is 0. The van der Waals surface area contributed by atoms with Gasteiger partial charge in [0, 0.05) is 11.8 Å². The third-order valence-corrected chi connectivity index (χ3v) is 2.90. The van der Waals surface area contributed by atoms with E-state index in [1.807, 2.05) is 13.8 Å². The standard InChI is InChI=1S/C12H19NO2/c1-3-5-8-10(13)7-11(14)9(6-4-2)12(8)15/h7-9H,3-6,13H2,1-2H3. The van der Waals surface area contributed by atoms with E-state index in [2.05, 4.69) is 0 Å². The second-order valence-corrected chi connectivity index (χ2v) is 4.13. The van der Waals surface area contributed by atoms with E-state index < -0.39 is 5.92 Å². The van der Waals surface area contributed by atoms with Crippen molar-refractivity contribution >= 4 is 11.6 Å². The Bertz CT molecular complexity index is 294. The predicted octanol–water partition coefficient (Wildman–Crippen LogP) is 1.81. The molecule has 0 aromatic rings. The smallest absolute Gasteiger partial charge is 0.167 e. The fourth-order valence-corrected chi connectivity index (χ4v) is 2.08. The van der Waals surface area contributed by atoms with Crippen molar-refractivity contribution in [3.05, 3.63) is 11.8 Å². The van der Waals surface area contributed by atoms with Crippen LogP contribution in [0.25, 0.3) is 0 Å². The molecule has 3 nitrogen and oxygen atoms in total. The summed E-state index contributed by atoms with van der Waals surface area (Å²) < 4.78 is 0. The average Bonchev–Trinajstić information content (AvgIpc) is 2.19. The Kier molecular flexibility index (Phi) is 4.06. The first-order chi connectivity index (χ1) is 7.11. The van der Waals surface area contributed by atoms with Crippen LogP contribution in [0, 0.1) is 11.8 Å². The number of hydrogen-bond acceptors (Lipinski definition) is 3. The van der Waals surface area contributed by atoms with Gasteiger partial charge in [0.05, 0.1) is 11.8 Å². The normalized spacial score (nSPS) is 26.7. The molecule has 0 aromatic heterocycles. The maximum absolute atomic E-state index is 12.0. The molecule has 2 N–H and O–H groups in total. The van der Waals surface area contributed by atoms with Crippen LogP contribution >= 0.6 is 0 Å². The van der Waals surface area contributed by atoms with E-state index in [1.54, 1.807) is 0 Å². The molecule has 0 amide bonds. The summed E-state index contributed by atoms with van der Waals surface area (Å²) >= 11 is 0. The fourth-order valence-electron chi connectivity index (χ4n) is 2.08. The highest BCUT2D eigenvalue weighted by Crippen LogP contribution is 2.27. The molecule has 2 atom stereocenters. The first kappa shape index (κ1) is 12.0. The summed E-state index contributed by atoms with van der Waals surface area (Å²) in [5.74, 6) is -0.724. The van der Waals surface area contributed by atoms with Crippen molar-refractivity contribution in [1.29, 1.82) is 0 Å². The number of rotatable bonds is 4. The molecule has 0 saturated carbocycles. The Labute approximate surface area is 90.7 Å². The predicted molar refractivity (Wildman–Crippen MR) is 59.1 cm³/mol. The minimum absolute atomic E-state index is 0.0312. The zero-order valence-electron chi connectivity index (χ0n) is 9.45. The third-order valence-electron chi connectivity index (χ3n) is 2.90. The van der Waals surface area contributed by atoms with Crippen molar-refractivity contribution in [2.24, 2.45) is 17.6 Å². The summed E-state index contributed by atoms with van der Waals surface area (Å²) in [6.07, 6.45) is 4.64. The minimum Gasteiger partial charge on any atom is -0.401 e. The van der Waals surface area contributed by atoms with Gasteiger partial charge in [-0.3, -0.25) is 9.59 Å². The second kappa shape index (κ2) is 5.10. The number of carbonyl (C=O) groups is 2. The molecule has 0 fully saturated rings. The molecule has 0 aromatic carbocycles. The number of Topliss-reactive ketones (excluding diaryl/α,β-unsaturated/α-hetero) is 1. The van der Waals surface area contributed by atoms with E-state index >= 15 is 0 Å². The van der Waals surface area contributed by atoms with Gasteiger partial charge in [-0.15, -0.1) is 0 Å². The molecular weight excluding hydrogens is 190 g/mol. The Morgan fingerprint density at radius 2 is 1.67 bits per heavy atom. The van der Waals surface area contributed by atoms with Gasteiger partial charge >= 0.3 is 0 Å². The lowest BCUT2D eigenvalue weighted by atomic mass is 9.78. The number of allylic oxidation sites excluding steroid dienone is 2. The lowest BCUT2D eigenvalue weighted by Gasteiger charge is -2.25. The highest BCUT2D eigenvalue weighted by Gasteiger charge is 2.35. The van der Waals surface area contributed by atoms with Crippen LogP contribution in [-0.4, -0.2) is 11.6 Å². The monoisotopic (exact) mass is 209 g/mol. The molecule has 0 radical (unpaired) electrons. The fraction of sp³-hybridized carbons (Fsp3) is 0.667. The molecule has 2 unspecified atom stereocenters. The maximum Gasteiger partial charge on any atom is 0.167 e. The molecule has 3 heteroatoms. The molecule has 1 rings (SSSR count). The van der Waals surface area contributed by atoms with E-state index in [0.29, 0.717) is 12.1 Å². The Morgan fingerprint density at radius 3 is 2.20 bits per heavy atom. The summed E-state index contributed by atoms with van der Waals surface area (Å²) in [6, 6.07) is 0. The van der Waals surface area contributed by atoms with E-state index in [0.717, 1.165) is 19.3 Å². The summed E-state index contributed by atoms with van der Waals surface area (Å²) in [4.78, 5) is 23.6. The highest BCUT2D eigenvalue weighted by molar-refractivity contribution is 6.12. The van der Waals surface area contributed by atoms with Gasteiger partial charge in [0.25, 0.3) is 0 Å². The minimum atomic E-state index is -0.432. The van der Waals surface area contributed by atoms with Crippen LogP contribution in [0.3, 0.4) is 0 Å². The number of carbonyl (C=O) groups excluding carboxylic acids is 2. The van der Waals surface area contributed by atoms with Gasteiger partial charge in [-0.2, -0.15) is 0 Å². The first-order valence-electron chi connectivity index (χ1n) is 5.66. The molecule has 0 bridgehead atoms. The van der Waals surface area contributed by atoms with Gasteiger partial charge in [-0.1, -0.05) is 26.7 Å². The Balaban J connectivity index is 2.88. The van der Waals surface area contributed by atoms with Crippen molar-refractivity contribution in [1.82, 2.24) is 0 Å². The van der Waals surface area contributed by atoms with Crippen molar-refractivity contribution < 1.29 is 9.59 Å². The Morgan fingerprint density at radius 1 is 1.13 bits per heavy atom. The van der Waals surface area contributed by atoms with Gasteiger partial charge in [-0.25, -0.2) is 0 Å². The molecule has 0 saturated heterocycles. The van der Waals surface area contributed by atoms with Gasteiger partial charge in [0.2, 0.25) is 0 Å². The zero-order valence-corrected chi connectivity index (χ0v) is 9.45. The van der Waals surface area contributed by atoms with E-state index in [4.69, 9.17) is 5.73 Å². The molecule has 0 aliphatic heterocycles. The number of nitrogens with two attached hydrogens (primary N) is 1. The lowest BCUT2D eigenvalue weighted by molar-refractivity contribution is -0.133. The van der Waals surface area contributed by atoms with E-state index in [1.165, 1.54) is 6.08 Å². The van der Waals surface area contributed by atoms with E-state index in [-0.39, 0.29) is 17.5 Å². The number of hydrogen-bond donors (Lipinski definition) is 1. The lowest BCUT2D eigenvalue weighted by Crippen LogP contribution is -2.37. The quantitative estimate of drug-likeness (QED) is 0.718. The molecule has 1 aliphatic rings. The van der Waals surface area contributed by atoms with Gasteiger partial charge in [-0.05, 0) is 12.8 Å². The molecule has 84 valence electrons. The highest BCUT2D eigenvalue weighted by atomic mass is 16.2. The SMILES string of the molecule is CCCC1C(=O)C=C(N)C(CCC)C1=O. The molecule has 15 heavy (non-hydrogen) atoms. The summed E-state index contributed by atoms with van der Waals surface area (Å²) in [5.41, 5.74) is 6.18. The van der Waals surface area contributed by atoms with Crippen molar-refractivity contribution in [3.63, 3.8) is 0 Å². The third kappa shape index (κ3) is 2.46. The van der Waals surface area contributed by atoms with Crippen LogP contribution in [0.4, 0.5) is 0 Å². The molecular formula is C12H19NO2. The van der Waals surface area contributed by atoms with Crippen LogP contribution in [-0.2, 0) is 9.59 Å². The maximum atomic E-state index is 12.0. The Hall–Kier alpha value is -1.12. The topological polar surface area (TPSA) is 60.2 Å². The van der Waals surface area contributed by atoms with Gasteiger partial charge < -0.3 is 5.73 Å². The van der Waals surface area contributed by atoms with Crippen LogP contribution in [0.1, 0.15) is 39.5 Å². The van der Waals surface area contributed by atoms with Crippen molar-refractivity contribution in [3.8, 4) is 0 Å². The van der Waals surface area contributed by atoms with Crippen LogP contribution in [0.15, 0.2) is 11.8 Å². The molecule has 0 spiro atoms. The largest absolute Gasteiger partial charge is 0.401 e. The van der Waals surface area contributed by atoms with Crippen LogP contribution in [0.2, 0.25) is 0 Å². The summed E-state index contributed by atoms with van der Waals surface area (Å²) in [6.45, 7) is 4.00. The zero-order chi connectivity index (χ0) is 11.4. The first-order valence-corrected chi connectivity index (χ1v) is 5.66. The average molecular weight is 209 g/mol. The molecule has 1 aliphatic carbocycles. The molecule has 0 heterocycles. The number of ketones is 2. The van der Waals surface area contributed by atoms with Gasteiger partial charge in [0.1, 0.15) is 0 Å². The second-order valence-electron chi connectivity index (χ2n) is 4.13. The van der Waals surface area contributed by atoms with E-state index in [9.17, 15) is 9.59 Å². The van der Waals surface area contributed by atoms with Crippen molar-refractivity contribution in [2.45, 2.75) is 39.5 Å².